The predicted molar refractivity (Wildman–Crippen MR) is 355 cm³/mol. The first kappa shape index (κ1) is 87.0. The zero-order chi connectivity index (χ0) is 70.2. The van der Waals surface area contributed by atoms with Gasteiger partial charge in [-0.15, -0.1) is 35.3 Å². The van der Waals surface area contributed by atoms with E-state index in [0.717, 1.165) is 89.2 Å². The number of ketones is 2. The maximum Gasteiger partial charge on any atom is 0.473 e. The summed E-state index contributed by atoms with van der Waals surface area (Å²) in [5, 5.41) is 101. The van der Waals surface area contributed by atoms with Crippen LogP contribution in [0.3, 0.4) is 0 Å². The van der Waals surface area contributed by atoms with Crippen LogP contribution in [0.15, 0.2) is 0 Å². The first-order valence-electron chi connectivity index (χ1n) is 33.5. The molecule has 3 rings (SSSR count). The van der Waals surface area contributed by atoms with E-state index >= 15 is 0 Å². The van der Waals surface area contributed by atoms with Crippen molar-refractivity contribution in [3.05, 3.63) is 0 Å². The number of amides is 4. The molecule has 3 fully saturated rings. The summed E-state index contributed by atoms with van der Waals surface area (Å²) in [7, 11) is -3.38. The highest BCUT2D eigenvalue weighted by molar-refractivity contribution is 8.00. The number of aliphatic hydroxyl groups is 9. The molecule has 0 radical (unpaired) electrons. The van der Waals surface area contributed by atoms with E-state index in [1.54, 1.807) is 37.4 Å². The highest BCUT2D eigenvalue weighted by Gasteiger charge is 2.46. The molecule has 29 nitrogen and oxygen atoms in total. The van der Waals surface area contributed by atoms with Gasteiger partial charge in [0, 0.05) is 77.4 Å². The van der Waals surface area contributed by atoms with Crippen molar-refractivity contribution in [2.24, 2.45) is 11.8 Å². The fourth-order valence-corrected chi connectivity index (χ4v) is 14.9. The zero-order valence-corrected chi connectivity index (χ0v) is 59.2. The molecule has 0 bridgehead atoms. The van der Waals surface area contributed by atoms with Crippen molar-refractivity contribution < 1.29 is 122 Å². The number of hydrogen-bond acceptors (Lipinski definition) is 27. The summed E-state index contributed by atoms with van der Waals surface area (Å²) in [6, 6.07) is -0.865. The molecular weight excluding hydrogens is 1330 g/mol. The van der Waals surface area contributed by atoms with Gasteiger partial charge in [-0.25, -0.2) is 4.57 Å². The van der Waals surface area contributed by atoms with Crippen LogP contribution in [-0.2, 0) is 70.8 Å². The maximum atomic E-state index is 13.8. The molecule has 0 saturated carbocycles. The summed E-state index contributed by atoms with van der Waals surface area (Å²) in [5.74, 6) is -0.303. The van der Waals surface area contributed by atoms with Crippen LogP contribution in [0.4, 0.5) is 0 Å². The second-order valence-corrected chi connectivity index (χ2v) is 29.8. The molecule has 3 heterocycles. The second kappa shape index (κ2) is 49.4. The van der Waals surface area contributed by atoms with E-state index in [9.17, 15) is 84.2 Å². The molecule has 0 spiro atoms. The third kappa shape index (κ3) is 34.8. The number of unbranched alkanes of at least 4 members (excludes halogenated alkanes) is 11. The number of aliphatic hydroxyl groups excluding tert-OH is 9. The molecule has 3 saturated heterocycles. The number of Topliss-reactive ketones (excluding diaryl/α,β-unsaturated/α-hetero) is 2. The molecule has 14 N–H and O–H groups in total. The Morgan fingerprint density at radius 3 is 1.35 bits per heavy atom. The molecule has 0 aromatic carbocycles. The van der Waals surface area contributed by atoms with Crippen molar-refractivity contribution in [3.63, 3.8) is 0 Å². The van der Waals surface area contributed by atoms with E-state index in [4.69, 9.17) is 28.4 Å². The Balaban J connectivity index is 1.56. The van der Waals surface area contributed by atoms with Gasteiger partial charge >= 0.3 is 7.82 Å². The molecule has 95 heavy (non-hydrogen) atoms. The third-order valence-electron chi connectivity index (χ3n) is 16.7. The summed E-state index contributed by atoms with van der Waals surface area (Å²) < 4.78 is 56.3. The van der Waals surface area contributed by atoms with Crippen LogP contribution in [0.25, 0.3) is 0 Å². The first-order valence-corrected chi connectivity index (χ1v) is 38.2. The van der Waals surface area contributed by atoms with Crippen molar-refractivity contribution in [1.82, 2.24) is 21.3 Å². The average molecular weight is 1440 g/mol. The number of hydrogen-bond donors (Lipinski definition) is 14. The van der Waals surface area contributed by atoms with Crippen molar-refractivity contribution >= 4 is 78.3 Å². The molecule has 3 aliphatic rings. The Morgan fingerprint density at radius 2 is 0.884 bits per heavy atom. The van der Waals surface area contributed by atoms with Crippen molar-refractivity contribution in [2.75, 3.05) is 97.1 Å². The number of nitrogens with one attached hydrogen (secondary N) is 4. The lowest BCUT2D eigenvalue weighted by molar-refractivity contribution is -0.181. The van der Waals surface area contributed by atoms with Crippen molar-refractivity contribution in [2.45, 2.75) is 245 Å². The Hall–Kier alpha value is -2.22. The standard InChI is InChI=1S/C62H113N4O25PS3/c1-41-53(76)55(78)46(34-67)89-59(41)93-31-16-10-5-7-13-20-44(71)24-28-85-37-62(66-51(75)23-19-22-49(73)64-40-88-92(82,83)84-4,38-86-29-25-45(72)21-14-8-6-11-17-32-94-60-42(2)54(77)56(79)47(35-68)90-60)39-87-30-26-50(74)63-27-15-9-12-18-33-95-61-52(65-43(3)70)58(81)57(80)48(36-69)91-61/h41-42,46-48,52-61,67-69,76-81H,5-40H2,1-4H3,(H,63,74)(H,64,73)(H,65,70)(H,66,75)(H,82,83). The van der Waals surface area contributed by atoms with Crippen LogP contribution in [0, 0.1) is 11.8 Å². The summed E-state index contributed by atoms with van der Waals surface area (Å²) in [6.07, 6.45) is 2.23. The number of ether oxygens (including phenoxy) is 6. The van der Waals surface area contributed by atoms with Gasteiger partial charge in [0.15, 0.2) is 0 Å². The van der Waals surface area contributed by atoms with Crippen LogP contribution >= 0.6 is 43.1 Å². The molecule has 554 valence electrons. The number of phosphoric acid groups is 1. The highest BCUT2D eigenvalue weighted by Crippen LogP contribution is 2.41. The number of phosphoric ester groups is 1. The summed E-state index contributed by atoms with van der Waals surface area (Å²) in [6.45, 7) is 2.68. The fraction of sp³-hybridized carbons (Fsp3) is 0.903. The molecule has 3 aliphatic heterocycles. The molecule has 0 aromatic rings. The fourth-order valence-electron chi connectivity index (χ4n) is 10.8. The van der Waals surface area contributed by atoms with E-state index in [2.05, 4.69) is 30.3 Å². The minimum Gasteiger partial charge on any atom is -0.394 e. The number of carbonyl (C=O) groups excluding carboxylic acids is 6. The molecule has 16 unspecified atom stereocenters. The Labute approximate surface area is 572 Å². The highest BCUT2D eigenvalue weighted by atomic mass is 32.2. The zero-order valence-electron chi connectivity index (χ0n) is 55.9. The van der Waals surface area contributed by atoms with E-state index < -0.39 is 111 Å². The summed E-state index contributed by atoms with van der Waals surface area (Å²) in [5.41, 5.74) is -2.80. The van der Waals surface area contributed by atoms with Gasteiger partial charge in [-0.2, -0.15) is 0 Å². The SMILES string of the molecule is COP(=O)(O)OCNC(=O)CCCC(=O)NC(COCCC(=O)CCCCCCCSC1OC(CO)C(O)C(O)C1C)(COCCC(=O)CCCCCCCSC1OC(CO)C(O)C(O)C1C)COCCC(=O)NCCCCCCSC1OC(CO)C(O)C(O)C1NC(C)=O. The van der Waals surface area contributed by atoms with Crippen LogP contribution in [0.5, 0.6) is 0 Å². The summed E-state index contributed by atoms with van der Waals surface area (Å²) >= 11 is 4.44. The van der Waals surface area contributed by atoms with Crippen LogP contribution in [-0.4, -0.2) is 266 Å². The third-order valence-corrected chi connectivity index (χ3v) is 21.6. The topological polar surface area (TPSA) is 444 Å². The predicted octanol–water partition coefficient (Wildman–Crippen LogP) is 1.86. The minimum atomic E-state index is -4.35. The van der Waals surface area contributed by atoms with Gasteiger partial charge < -0.3 is 101 Å². The van der Waals surface area contributed by atoms with Crippen LogP contribution < -0.4 is 21.3 Å². The van der Waals surface area contributed by atoms with Crippen LogP contribution in [0.1, 0.15) is 162 Å². The lowest BCUT2D eigenvalue weighted by Crippen LogP contribution is -2.63. The average Bonchev–Trinajstić information content (AvgIpc) is 0.845. The molecule has 16 atom stereocenters. The lowest BCUT2D eigenvalue weighted by atomic mass is 9.94. The molecule has 33 heteroatoms. The summed E-state index contributed by atoms with van der Waals surface area (Å²) in [4.78, 5) is 86.8. The lowest BCUT2D eigenvalue weighted by Gasteiger charge is -2.42. The van der Waals surface area contributed by atoms with Gasteiger partial charge in [0.25, 0.3) is 0 Å². The molecule has 0 aromatic heterocycles. The Kier molecular flexibility index (Phi) is 45.2. The first-order chi connectivity index (χ1) is 45.4. The van der Waals surface area contributed by atoms with Gasteiger partial charge in [0.05, 0.1) is 77.7 Å². The van der Waals surface area contributed by atoms with E-state index in [1.165, 1.54) is 18.7 Å². The number of thioether (sulfide) groups is 3. The van der Waals surface area contributed by atoms with Crippen LogP contribution in [0.2, 0.25) is 0 Å². The van der Waals surface area contributed by atoms with E-state index in [0.29, 0.717) is 44.4 Å². The monoisotopic (exact) mass is 1440 g/mol. The Morgan fingerprint density at radius 1 is 0.484 bits per heavy atom. The smallest absolute Gasteiger partial charge is 0.394 e. The largest absolute Gasteiger partial charge is 0.473 e. The number of carbonyl (C=O) groups is 6. The quantitative estimate of drug-likeness (QED) is 0.0235. The molecule has 0 aliphatic carbocycles. The van der Waals surface area contributed by atoms with Gasteiger partial charge in [0.1, 0.15) is 82.9 Å². The van der Waals surface area contributed by atoms with Gasteiger partial charge in [-0.05, 0) is 62.2 Å². The maximum absolute atomic E-state index is 13.8. The van der Waals surface area contributed by atoms with Crippen molar-refractivity contribution in [1.29, 1.82) is 0 Å². The van der Waals surface area contributed by atoms with E-state index in [1.807, 2.05) is 0 Å². The van der Waals surface area contributed by atoms with Gasteiger partial charge in [-0.1, -0.05) is 65.2 Å². The Bertz CT molecular complexity index is 2150. The molecule has 4 amide bonds. The normalized spacial score (nSPS) is 27.5. The second-order valence-electron chi connectivity index (χ2n) is 24.7. The van der Waals surface area contributed by atoms with Crippen molar-refractivity contribution in [3.8, 4) is 0 Å². The minimum absolute atomic E-state index is 0.00855. The van der Waals surface area contributed by atoms with E-state index in [-0.39, 0.29) is 132 Å². The number of rotatable bonds is 54. The molecular formula is C62H113N4O25PS3. The van der Waals surface area contributed by atoms with Gasteiger partial charge in [0.2, 0.25) is 23.6 Å². The van der Waals surface area contributed by atoms with Gasteiger partial charge in [-0.3, -0.25) is 37.8 Å².